The molecule has 1 N–H and O–H groups in total. The van der Waals surface area contributed by atoms with E-state index in [4.69, 9.17) is 16.7 Å². The maximum absolute atomic E-state index is 8.69. The van der Waals surface area contributed by atoms with E-state index in [2.05, 4.69) is 4.74 Å². The summed E-state index contributed by atoms with van der Waals surface area (Å²) in [6.45, 7) is 1.78. The minimum atomic E-state index is -0.568. The number of hydrogen-bond acceptors (Lipinski definition) is 2. The molecule has 2 nitrogen and oxygen atoms in total. The lowest BCUT2D eigenvalue weighted by atomic mass is 10.3. The molecule has 0 bridgehead atoms. The Kier molecular flexibility index (Phi) is 1.52. The van der Waals surface area contributed by atoms with Crippen LogP contribution in [0.4, 0.5) is 0 Å². The quantitative estimate of drug-likeness (QED) is 0.462. The van der Waals surface area contributed by atoms with Gasteiger partial charge in [0.2, 0.25) is 0 Å². The zero-order valence-electron chi connectivity index (χ0n) is 3.67. The highest BCUT2D eigenvalue weighted by Gasteiger charge is 2.23. The molecule has 1 rings (SSSR count). The summed E-state index contributed by atoms with van der Waals surface area (Å²) in [5, 5.41) is 8.45. The summed E-state index contributed by atoms with van der Waals surface area (Å²) in [4.78, 5) is 0. The van der Waals surface area contributed by atoms with Gasteiger partial charge in [-0.25, -0.2) is 0 Å². The van der Waals surface area contributed by atoms with Crippen LogP contribution in [0.25, 0.3) is 0 Å². The summed E-state index contributed by atoms with van der Waals surface area (Å²) in [6, 6.07) is 0. The Morgan fingerprint density at radius 2 is 2.57 bits per heavy atom. The predicted octanol–water partition coefficient (Wildman–Crippen LogP) is 0.147. The van der Waals surface area contributed by atoms with Crippen molar-refractivity contribution < 1.29 is 9.84 Å². The first-order valence-electron chi connectivity index (χ1n) is 2.08. The highest BCUT2D eigenvalue weighted by Crippen LogP contribution is 2.14. The Morgan fingerprint density at radius 3 is 2.71 bits per heavy atom. The van der Waals surface area contributed by atoms with Crippen molar-refractivity contribution in [2.24, 2.45) is 0 Å². The van der Waals surface area contributed by atoms with Gasteiger partial charge in [0.25, 0.3) is 0 Å². The van der Waals surface area contributed by atoms with Crippen LogP contribution in [0.3, 0.4) is 0 Å². The molecule has 1 fully saturated rings. The number of aliphatic hydroxyl groups excluding tert-OH is 1. The van der Waals surface area contributed by atoms with E-state index in [0.29, 0.717) is 6.61 Å². The van der Waals surface area contributed by atoms with Crippen LogP contribution in [0.1, 0.15) is 0 Å². The molecule has 0 saturated carbocycles. The lowest BCUT2D eigenvalue weighted by Crippen LogP contribution is -2.14. The Bertz CT molecular complexity index is 58.7. The predicted molar refractivity (Wildman–Crippen MR) is 25.9 cm³/mol. The van der Waals surface area contributed by atoms with E-state index in [1.54, 1.807) is 0 Å². The fraction of sp³-hybridized carbons (Fsp3) is 0.750. The zero-order chi connectivity index (χ0) is 5.28. The molecule has 41 valence electrons. The molecule has 0 aromatic carbocycles. The molecule has 0 amide bonds. The molecule has 2 atom stereocenters. The lowest BCUT2D eigenvalue weighted by molar-refractivity contribution is 0.184. The van der Waals surface area contributed by atoms with E-state index >= 15 is 0 Å². The van der Waals surface area contributed by atoms with Gasteiger partial charge in [0, 0.05) is 0 Å². The van der Waals surface area contributed by atoms with Gasteiger partial charge in [-0.2, -0.15) is 0 Å². The van der Waals surface area contributed by atoms with Gasteiger partial charge in [0.15, 0.2) is 0 Å². The molecule has 7 heavy (non-hydrogen) atoms. The van der Waals surface area contributed by atoms with Crippen LogP contribution in [0.2, 0.25) is 0 Å². The Hall–Kier alpha value is 0.210. The highest BCUT2D eigenvalue weighted by molar-refractivity contribution is 6.21. The van der Waals surface area contributed by atoms with Gasteiger partial charge in [0.1, 0.15) is 12.7 Å². The van der Waals surface area contributed by atoms with Crippen molar-refractivity contribution in [2.75, 3.05) is 6.61 Å². The van der Waals surface area contributed by atoms with E-state index < -0.39 is 6.10 Å². The molecular formula is C4H6ClO2. The summed E-state index contributed by atoms with van der Waals surface area (Å²) in [5.41, 5.74) is 0. The van der Waals surface area contributed by atoms with Gasteiger partial charge in [-0.1, -0.05) is 0 Å². The molecule has 3 heteroatoms. The van der Waals surface area contributed by atoms with E-state index in [1.165, 1.54) is 6.61 Å². The van der Waals surface area contributed by atoms with Crippen molar-refractivity contribution in [3.63, 3.8) is 0 Å². The van der Waals surface area contributed by atoms with Crippen LogP contribution in [0, 0.1) is 6.61 Å². The first-order valence-corrected chi connectivity index (χ1v) is 2.51. The molecule has 1 aliphatic heterocycles. The SMILES string of the molecule is OC1[CH]OCC1Cl. The van der Waals surface area contributed by atoms with Gasteiger partial charge in [0.05, 0.1) is 12.0 Å². The largest absolute Gasteiger partial charge is 0.389 e. The lowest BCUT2D eigenvalue weighted by Gasteiger charge is -1.97. The number of ether oxygens (including phenoxy) is 1. The number of hydrogen-bond donors (Lipinski definition) is 1. The molecule has 0 aromatic heterocycles. The Labute approximate surface area is 47.0 Å². The van der Waals surface area contributed by atoms with Gasteiger partial charge >= 0.3 is 0 Å². The summed E-state index contributed by atoms with van der Waals surface area (Å²) < 4.78 is 4.66. The number of rotatable bonds is 0. The fourth-order valence-electron chi connectivity index (χ4n) is 0.430. The van der Waals surface area contributed by atoms with E-state index in [1.807, 2.05) is 0 Å². The second-order valence-electron chi connectivity index (χ2n) is 1.48. The van der Waals surface area contributed by atoms with E-state index in [0.717, 1.165) is 0 Å². The fourth-order valence-corrected chi connectivity index (χ4v) is 0.562. The van der Waals surface area contributed by atoms with Gasteiger partial charge in [-0.3, -0.25) is 0 Å². The second-order valence-corrected chi connectivity index (χ2v) is 2.04. The zero-order valence-corrected chi connectivity index (χ0v) is 4.43. The van der Waals surface area contributed by atoms with Crippen LogP contribution >= 0.6 is 11.6 Å². The molecule has 0 spiro atoms. The first kappa shape index (κ1) is 5.35. The topological polar surface area (TPSA) is 29.5 Å². The first-order chi connectivity index (χ1) is 3.30. The van der Waals surface area contributed by atoms with Crippen LogP contribution < -0.4 is 0 Å². The van der Waals surface area contributed by atoms with Crippen LogP contribution in [-0.2, 0) is 4.74 Å². The number of alkyl halides is 1. The van der Waals surface area contributed by atoms with Crippen molar-refractivity contribution in [3.8, 4) is 0 Å². The standard InChI is InChI=1S/C4H6ClO2/c5-3-1-7-2-4(3)6/h2-4,6H,1H2. The van der Waals surface area contributed by atoms with Crippen molar-refractivity contribution >= 4 is 11.6 Å². The number of halogens is 1. The Morgan fingerprint density at radius 1 is 1.86 bits per heavy atom. The van der Waals surface area contributed by atoms with Gasteiger partial charge in [-0.05, 0) is 0 Å². The minimum absolute atomic E-state index is 0.236. The summed E-state index contributed by atoms with van der Waals surface area (Å²) >= 11 is 5.46. The molecule has 0 aliphatic carbocycles. The van der Waals surface area contributed by atoms with E-state index in [-0.39, 0.29) is 5.38 Å². The van der Waals surface area contributed by atoms with Crippen molar-refractivity contribution in [1.82, 2.24) is 0 Å². The molecule has 1 heterocycles. The number of aliphatic hydroxyl groups is 1. The summed E-state index contributed by atoms with van der Waals surface area (Å²) in [7, 11) is 0. The summed E-state index contributed by atoms with van der Waals surface area (Å²) in [6.07, 6.45) is -0.568. The maximum Gasteiger partial charge on any atom is 0.114 e. The minimum Gasteiger partial charge on any atom is -0.389 e. The Balaban J connectivity index is 2.33. The van der Waals surface area contributed by atoms with Gasteiger partial charge < -0.3 is 9.84 Å². The van der Waals surface area contributed by atoms with Crippen LogP contribution in [-0.4, -0.2) is 23.2 Å². The maximum atomic E-state index is 8.69. The second kappa shape index (κ2) is 1.99. The van der Waals surface area contributed by atoms with Crippen LogP contribution in [0.5, 0.6) is 0 Å². The van der Waals surface area contributed by atoms with E-state index in [9.17, 15) is 0 Å². The normalized spacial score (nSPS) is 42.0. The molecule has 1 saturated heterocycles. The molecule has 1 aliphatic rings. The summed E-state index contributed by atoms with van der Waals surface area (Å²) in [5.74, 6) is 0. The van der Waals surface area contributed by atoms with Crippen molar-refractivity contribution in [1.29, 1.82) is 0 Å². The van der Waals surface area contributed by atoms with Gasteiger partial charge in [-0.15, -0.1) is 11.6 Å². The molecule has 2 unspecified atom stereocenters. The third-order valence-electron chi connectivity index (χ3n) is 0.862. The van der Waals surface area contributed by atoms with Crippen molar-refractivity contribution in [2.45, 2.75) is 11.5 Å². The van der Waals surface area contributed by atoms with Crippen LogP contribution in [0.15, 0.2) is 0 Å². The smallest absolute Gasteiger partial charge is 0.114 e. The highest BCUT2D eigenvalue weighted by atomic mass is 35.5. The molecule has 1 radical (unpaired) electrons. The van der Waals surface area contributed by atoms with Crippen molar-refractivity contribution in [3.05, 3.63) is 6.61 Å². The monoisotopic (exact) mass is 121 g/mol. The third-order valence-corrected chi connectivity index (χ3v) is 1.25. The molecular weight excluding hydrogens is 115 g/mol. The average Bonchev–Trinajstić information content (AvgIpc) is 1.91. The molecule has 0 aromatic rings. The third kappa shape index (κ3) is 1.06. The average molecular weight is 122 g/mol.